The van der Waals surface area contributed by atoms with Crippen LogP contribution in [0.15, 0.2) is 24.3 Å². The molecule has 0 aliphatic carbocycles. The minimum absolute atomic E-state index is 0.401. The second-order valence-corrected chi connectivity index (χ2v) is 3.27. The van der Waals surface area contributed by atoms with Gasteiger partial charge in [0.15, 0.2) is 0 Å². The standard InChI is InChI=1S/C10H10BrNO/c11-6-8-13-10-4-2-1-3-9(10)5-7-12/h1-4H,5-6,8H2. The summed E-state index contributed by atoms with van der Waals surface area (Å²) in [5.41, 5.74) is 0.950. The van der Waals surface area contributed by atoms with E-state index in [9.17, 15) is 0 Å². The van der Waals surface area contributed by atoms with Gasteiger partial charge in [-0.1, -0.05) is 34.1 Å². The average Bonchev–Trinajstić information content (AvgIpc) is 2.17. The van der Waals surface area contributed by atoms with E-state index in [1.165, 1.54) is 0 Å². The molecular weight excluding hydrogens is 230 g/mol. The van der Waals surface area contributed by atoms with Crippen LogP contribution in [0.3, 0.4) is 0 Å². The quantitative estimate of drug-likeness (QED) is 0.757. The third kappa shape index (κ3) is 3.08. The summed E-state index contributed by atoms with van der Waals surface area (Å²) < 4.78 is 5.44. The van der Waals surface area contributed by atoms with Crippen molar-refractivity contribution >= 4 is 15.9 Å². The van der Waals surface area contributed by atoms with Crippen molar-refractivity contribution in [3.05, 3.63) is 29.8 Å². The number of para-hydroxylation sites is 1. The molecule has 0 spiro atoms. The SMILES string of the molecule is N#CCc1ccccc1OCCBr. The first-order chi connectivity index (χ1) is 6.38. The highest BCUT2D eigenvalue weighted by atomic mass is 79.9. The van der Waals surface area contributed by atoms with E-state index in [0.29, 0.717) is 13.0 Å². The topological polar surface area (TPSA) is 33.0 Å². The second kappa shape index (κ2) is 5.60. The molecule has 0 radical (unpaired) electrons. The Balaban J connectivity index is 2.73. The molecule has 13 heavy (non-hydrogen) atoms. The minimum Gasteiger partial charge on any atom is -0.492 e. The highest BCUT2D eigenvalue weighted by Gasteiger charge is 2.00. The Morgan fingerprint density at radius 2 is 2.15 bits per heavy atom. The molecule has 0 unspecified atom stereocenters. The molecule has 0 N–H and O–H groups in total. The van der Waals surface area contributed by atoms with E-state index in [4.69, 9.17) is 10.00 Å². The molecule has 2 nitrogen and oxygen atoms in total. The van der Waals surface area contributed by atoms with Gasteiger partial charge in [0.05, 0.1) is 19.1 Å². The first-order valence-corrected chi connectivity index (χ1v) is 5.14. The van der Waals surface area contributed by atoms with Crippen molar-refractivity contribution in [2.24, 2.45) is 0 Å². The van der Waals surface area contributed by atoms with Gasteiger partial charge < -0.3 is 4.74 Å². The van der Waals surface area contributed by atoms with E-state index in [0.717, 1.165) is 16.6 Å². The molecule has 0 saturated heterocycles. The first kappa shape index (κ1) is 10.1. The molecule has 0 heterocycles. The predicted octanol–water partition coefficient (Wildman–Crippen LogP) is 2.53. The molecule has 0 fully saturated rings. The average molecular weight is 240 g/mol. The number of nitriles is 1. The molecular formula is C10H10BrNO. The lowest BCUT2D eigenvalue weighted by molar-refractivity contribution is 0.342. The van der Waals surface area contributed by atoms with Crippen LogP contribution in [0.25, 0.3) is 0 Å². The Hall–Kier alpha value is -1.01. The molecule has 0 bridgehead atoms. The maximum Gasteiger partial charge on any atom is 0.123 e. The van der Waals surface area contributed by atoms with E-state index < -0.39 is 0 Å². The molecule has 1 rings (SSSR count). The van der Waals surface area contributed by atoms with Gasteiger partial charge in [0.25, 0.3) is 0 Å². The van der Waals surface area contributed by atoms with Crippen LogP contribution in [0.2, 0.25) is 0 Å². The van der Waals surface area contributed by atoms with Crippen LogP contribution < -0.4 is 4.74 Å². The summed E-state index contributed by atoms with van der Waals surface area (Å²) in [6, 6.07) is 9.72. The molecule has 1 aromatic rings. The van der Waals surface area contributed by atoms with Crippen LogP contribution in [0.1, 0.15) is 5.56 Å². The van der Waals surface area contributed by atoms with Gasteiger partial charge in [-0.3, -0.25) is 0 Å². The summed E-state index contributed by atoms with van der Waals surface area (Å²) in [4.78, 5) is 0. The van der Waals surface area contributed by atoms with Gasteiger partial charge in [-0.25, -0.2) is 0 Å². The molecule has 0 atom stereocenters. The summed E-state index contributed by atoms with van der Waals surface area (Å²) in [5, 5.41) is 9.35. The largest absolute Gasteiger partial charge is 0.492 e. The highest BCUT2D eigenvalue weighted by molar-refractivity contribution is 9.09. The smallest absolute Gasteiger partial charge is 0.123 e. The van der Waals surface area contributed by atoms with Crippen LogP contribution in [0.4, 0.5) is 0 Å². The Labute approximate surface area is 86.3 Å². The first-order valence-electron chi connectivity index (χ1n) is 4.02. The zero-order chi connectivity index (χ0) is 9.52. The normalized spacial score (nSPS) is 9.23. The van der Waals surface area contributed by atoms with Gasteiger partial charge in [0.1, 0.15) is 5.75 Å². The fraction of sp³-hybridized carbons (Fsp3) is 0.300. The Kier molecular flexibility index (Phi) is 4.34. The molecule has 68 valence electrons. The third-order valence-electron chi connectivity index (χ3n) is 1.58. The van der Waals surface area contributed by atoms with E-state index >= 15 is 0 Å². The lowest BCUT2D eigenvalue weighted by atomic mass is 10.1. The number of hydrogen-bond acceptors (Lipinski definition) is 2. The predicted molar refractivity (Wildman–Crippen MR) is 55.0 cm³/mol. The van der Waals surface area contributed by atoms with Crippen molar-refractivity contribution in [2.75, 3.05) is 11.9 Å². The summed E-state index contributed by atoms with van der Waals surface area (Å²) >= 11 is 3.28. The zero-order valence-electron chi connectivity index (χ0n) is 7.16. The van der Waals surface area contributed by atoms with Crippen LogP contribution in [-0.2, 0) is 6.42 Å². The number of halogens is 1. The molecule has 0 aliphatic heterocycles. The number of nitrogens with zero attached hydrogens (tertiary/aromatic N) is 1. The fourth-order valence-corrected chi connectivity index (χ4v) is 1.19. The summed E-state index contributed by atoms with van der Waals surface area (Å²) in [7, 11) is 0. The minimum atomic E-state index is 0.401. The van der Waals surface area contributed by atoms with Crippen molar-refractivity contribution < 1.29 is 4.74 Å². The number of alkyl halides is 1. The van der Waals surface area contributed by atoms with Crippen LogP contribution in [0.5, 0.6) is 5.75 Å². The number of benzene rings is 1. The third-order valence-corrected chi connectivity index (χ3v) is 1.90. The van der Waals surface area contributed by atoms with E-state index in [2.05, 4.69) is 22.0 Å². The van der Waals surface area contributed by atoms with Gasteiger partial charge >= 0.3 is 0 Å². The molecule has 0 saturated carbocycles. The van der Waals surface area contributed by atoms with Crippen LogP contribution in [-0.4, -0.2) is 11.9 Å². The summed E-state index contributed by atoms with van der Waals surface area (Å²) in [5.74, 6) is 0.809. The molecule has 0 amide bonds. The van der Waals surface area contributed by atoms with E-state index in [1.807, 2.05) is 24.3 Å². The van der Waals surface area contributed by atoms with Crippen molar-refractivity contribution in [3.63, 3.8) is 0 Å². The number of ether oxygens (including phenoxy) is 1. The van der Waals surface area contributed by atoms with Gasteiger partial charge in [-0.2, -0.15) is 5.26 Å². The van der Waals surface area contributed by atoms with Crippen LogP contribution in [0, 0.1) is 11.3 Å². The highest BCUT2D eigenvalue weighted by Crippen LogP contribution is 2.17. The Morgan fingerprint density at radius 1 is 1.38 bits per heavy atom. The monoisotopic (exact) mass is 239 g/mol. The van der Waals surface area contributed by atoms with Crippen molar-refractivity contribution in [1.82, 2.24) is 0 Å². The van der Waals surface area contributed by atoms with Crippen molar-refractivity contribution in [1.29, 1.82) is 5.26 Å². The maximum absolute atomic E-state index is 8.55. The molecule has 1 aromatic carbocycles. The number of rotatable bonds is 4. The lowest BCUT2D eigenvalue weighted by Crippen LogP contribution is -2.00. The van der Waals surface area contributed by atoms with Gasteiger partial charge in [-0.05, 0) is 6.07 Å². The van der Waals surface area contributed by atoms with Crippen molar-refractivity contribution in [2.45, 2.75) is 6.42 Å². The summed E-state index contributed by atoms with van der Waals surface area (Å²) in [6.07, 6.45) is 0.401. The van der Waals surface area contributed by atoms with E-state index in [-0.39, 0.29) is 0 Å². The van der Waals surface area contributed by atoms with Gasteiger partial charge in [-0.15, -0.1) is 0 Å². The molecule has 0 aromatic heterocycles. The Bertz CT molecular complexity index is 306. The van der Waals surface area contributed by atoms with Crippen molar-refractivity contribution in [3.8, 4) is 11.8 Å². The van der Waals surface area contributed by atoms with E-state index in [1.54, 1.807) is 0 Å². The van der Waals surface area contributed by atoms with Gasteiger partial charge in [0.2, 0.25) is 0 Å². The Morgan fingerprint density at radius 3 is 2.85 bits per heavy atom. The lowest BCUT2D eigenvalue weighted by Gasteiger charge is -2.07. The van der Waals surface area contributed by atoms with Crippen LogP contribution >= 0.6 is 15.9 Å². The maximum atomic E-state index is 8.55. The molecule has 3 heteroatoms. The number of hydrogen-bond donors (Lipinski definition) is 0. The molecule has 0 aliphatic rings. The fourth-order valence-electron chi connectivity index (χ4n) is 1.02. The summed E-state index contributed by atoms with van der Waals surface area (Å²) in [6.45, 7) is 0.627. The van der Waals surface area contributed by atoms with Gasteiger partial charge in [0, 0.05) is 10.9 Å². The zero-order valence-corrected chi connectivity index (χ0v) is 8.75. The second-order valence-electron chi connectivity index (χ2n) is 2.48.